The van der Waals surface area contributed by atoms with Crippen LogP contribution in [0.4, 0.5) is 0 Å². The zero-order chi connectivity index (χ0) is 11.7. The van der Waals surface area contributed by atoms with Crippen LogP contribution in [0, 0.1) is 13.8 Å². The van der Waals surface area contributed by atoms with Gasteiger partial charge in [0.25, 0.3) is 0 Å². The molecule has 0 unspecified atom stereocenters. The Labute approximate surface area is 91.1 Å². The van der Waals surface area contributed by atoms with Crippen LogP contribution in [0.1, 0.15) is 31.8 Å². The molecule has 15 heavy (non-hydrogen) atoms. The number of hydrogen-bond acceptors (Lipinski definition) is 2. The van der Waals surface area contributed by atoms with Gasteiger partial charge in [-0.3, -0.25) is 0 Å². The third-order valence-corrected chi connectivity index (χ3v) is 2.62. The van der Waals surface area contributed by atoms with E-state index in [0.29, 0.717) is 5.56 Å². The first-order valence-corrected chi connectivity index (χ1v) is 4.50. The highest BCUT2D eigenvalue weighted by atomic mass is 35.5. The number of carboxylic acid groups (broad SMARTS) is 2. The van der Waals surface area contributed by atoms with Gasteiger partial charge in [-0.15, -0.1) is 0 Å². The van der Waals surface area contributed by atoms with E-state index in [4.69, 9.17) is 21.8 Å². The molecular formula is C10H9ClO4. The zero-order valence-electron chi connectivity index (χ0n) is 8.17. The normalized spacial score (nSPS) is 10.1. The van der Waals surface area contributed by atoms with Crippen LogP contribution in [-0.4, -0.2) is 22.2 Å². The molecule has 5 heteroatoms. The average molecular weight is 229 g/mol. The van der Waals surface area contributed by atoms with Gasteiger partial charge in [0.2, 0.25) is 0 Å². The topological polar surface area (TPSA) is 74.6 Å². The lowest BCUT2D eigenvalue weighted by atomic mass is 9.97. The molecule has 1 rings (SSSR count). The lowest BCUT2D eigenvalue weighted by Crippen LogP contribution is -2.09. The van der Waals surface area contributed by atoms with Crippen molar-refractivity contribution in [3.8, 4) is 0 Å². The van der Waals surface area contributed by atoms with Crippen LogP contribution >= 0.6 is 11.6 Å². The number of benzene rings is 1. The Morgan fingerprint density at radius 1 is 1.13 bits per heavy atom. The van der Waals surface area contributed by atoms with E-state index in [2.05, 4.69) is 0 Å². The number of hydrogen-bond donors (Lipinski definition) is 2. The van der Waals surface area contributed by atoms with E-state index in [0.717, 1.165) is 0 Å². The van der Waals surface area contributed by atoms with Crippen LogP contribution in [-0.2, 0) is 0 Å². The molecule has 1 aromatic carbocycles. The first kappa shape index (κ1) is 11.5. The van der Waals surface area contributed by atoms with Crippen molar-refractivity contribution in [1.29, 1.82) is 0 Å². The van der Waals surface area contributed by atoms with E-state index in [9.17, 15) is 9.59 Å². The lowest BCUT2D eigenvalue weighted by molar-refractivity contribution is 0.0695. The zero-order valence-corrected chi connectivity index (χ0v) is 8.92. The highest BCUT2D eigenvalue weighted by Gasteiger charge is 2.19. The van der Waals surface area contributed by atoms with Crippen molar-refractivity contribution >= 4 is 23.5 Å². The largest absolute Gasteiger partial charge is 0.478 e. The molecule has 0 saturated carbocycles. The van der Waals surface area contributed by atoms with Crippen LogP contribution in [0.5, 0.6) is 0 Å². The molecule has 0 amide bonds. The molecule has 0 atom stereocenters. The summed E-state index contributed by atoms with van der Waals surface area (Å²) in [6, 6.07) is 1.26. The molecule has 80 valence electrons. The van der Waals surface area contributed by atoms with E-state index < -0.39 is 11.9 Å². The van der Waals surface area contributed by atoms with E-state index in [1.54, 1.807) is 6.92 Å². The number of rotatable bonds is 2. The summed E-state index contributed by atoms with van der Waals surface area (Å²) >= 11 is 5.75. The maximum absolute atomic E-state index is 10.9. The minimum Gasteiger partial charge on any atom is -0.478 e. The summed E-state index contributed by atoms with van der Waals surface area (Å²) in [4.78, 5) is 21.7. The molecule has 0 aliphatic rings. The van der Waals surface area contributed by atoms with Crippen molar-refractivity contribution in [3.63, 3.8) is 0 Å². The van der Waals surface area contributed by atoms with Crippen molar-refractivity contribution in [2.75, 3.05) is 0 Å². The molecule has 0 fully saturated rings. The first-order valence-electron chi connectivity index (χ1n) is 4.12. The van der Waals surface area contributed by atoms with Gasteiger partial charge in [0.15, 0.2) is 0 Å². The van der Waals surface area contributed by atoms with Gasteiger partial charge >= 0.3 is 11.9 Å². The number of carboxylic acids is 2. The van der Waals surface area contributed by atoms with E-state index in [-0.39, 0.29) is 21.7 Å². The molecule has 0 saturated heterocycles. The Bertz CT molecular complexity index is 451. The molecule has 1 aromatic rings. The number of halogens is 1. The molecule has 0 heterocycles. The summed E-state index contributed by atoms with van der Waals surface area (Å²) < 4.78 is 0. The second-order valence-corrected chi connectivity index (χ2v) is 3.55. The molecule has 0 spiro atoms. The maximum atomic E-state index is 10.9. The Morgan fingerprint density at radius 3 is 2.07 bits per heavy atom. The molecule has 0 aromatic heterocycles. The fourth-order valence-electron chi connectivity index (χ4n) is 1.42. The fourth-order valence-corrected chi connectivity index (χ4v) is 1.63. The van der Waals surface area contributed by atoms with E-state index in [1.807, 2.05) is 0 Å². The predicted octanol–water partition coefficient (Wildman–Crippen LogP) is 2.35. The lowest BCUT2D eigenvalue weighted by Gasteiger charge is -2.10. The van der Waals surface area contributed by atoms with E-state index >= 15 is 0 Å². The maximum Gasteiger partial charge on any atom is 0.336 e. The number of carbonyl (C=O) groups is 2. The molecule has 0 aliphatic heterocycles. The molecule has 0 radical (unpaired) electrons. The minimum atomic E-state index is -1.18. The average Bonchev–Trinajstić information content (AvgIpc) is 2.10. The Kier molecular flexibility index (Phi) is 3.00. The smallest absolute Gasteiger partial charge is 0.336 e. The van der Waals surface area contributed by atoms with Crippen LogP contribution in [0.15, 0.2) is 6.07 Å². The highest BCUT2D eigenvalue weighted by Crippen LogP contribution is 2.26. The summed E-state index contributed by atoms with van der Waals surface area (Å²) in [5.74, 6) is -2.35. The second-order valence-electron chi connectivity index (χ2n) is 3.14. The number of aromatic carboxylic acids is 2. The first-order chi connectivity index (χ1) is 6.86. The third-order valence-electron chi connectivity index (χ3n) is 2.23. The van der Waals surface area contributed by atoms with Gasteiger partial charge in [-0.1, -0.05) is 11.6 Å². The quantitative estimate of drug-likeness (QED) is 0.815. The highest BCUT2D eigenvalue weighted by molar-refractivity contribution is 6.32. The van der Waals surface area contributed by atoms with Crippen molar-refractivity contribution < 1.29 is 19.8 Å². The van der Waals surface area contributed by atoms with Crippen LogP contribution in [0.2, 0.25) is 5.02 Å². The van der Waals surface area contributed by atoms with Gasteiger partial charge in [0.05, 0.1) is 11.1 Å². The summed E-state index contributed by atoms with van der Waals surface area (Å²) in [5.41, 5.74) is 0.478. The van der Waals surface area contributed by atoms with Gasteiger partial charge in [-0.25, -0.2) is 9.59 Å². The van der Waals surface area contributed by atoms with Gasteiger partial charge in [-0.05, 0) is 31.0 Å². The minimum absolute atomic E-state index is 0.0418. The Balaban J connectivity index is 3.63. The van der Waals surface area contributed by atoms with Crippen molar-refractivity contribution in [1.82, 2.24) is 0 Å². The summed E-state index contributed by atoms with van der Waals surface area (Å²) in [6.07, 6.45) is 0. The third kappa shape index (κ3) is 1.94. The summed E-state index contributed by atoms with van der Waals surface area (Å²) in [6.45, 7) is 3.00. The molecule has 4 nitrogen and oxygen atoms in total. The summed E-state index contributed by atoms with van der Waals surface area (Å²) in [5, 5.41) is 17.9. The van der Waals surface area contributed by atoms with Crippen LogP contribution in [0.3, 0.4) is 0 Å². The van der Waals surface area contributed by atoms with Crippen molar-refractivity contribution in [3.05, 3.63) is 33.3 Å². The molecular weight excluding hydrogens is 220 g/mol. The molecule has 0 aliphatic carbocycles. The van der Waals surface area contributed by atoms with Gasteiger partial charge in [0, 0.05) is 5.02 Å². The van der Waals surface area contributed by atoms with Gasteiger partial charge in [-0.2, -0.15) is 0 Å². The monoisotopic (exact) mass is 228 g/mol. The SMILES string of the molecule is Cc1c(Cl)cc(C(=O)O)c(C)c1C(=O)O. The Hall–Kier alpha value is -1.55. The van der Waals surface area contributed by atoms with Gasteiger partial charge in [0.1, 0.15) is 0 Å². The van der Waals surface area contributed by atoms with E-state index in [1.165, 1.54) is 13.0 Å². The standard InChI is InChI=1S/C10H9ClO4/c1-4-6(9(12)13)3-7(11)5(2)8(4)10(14)15/h3H,1-2H3,(H,12,13)(H,14,15). The van der Waals surface area contributed by atoms with Crippen molar-refractivity contribution in [2.45, 2.75) is 13.8 Å². The fraction of sp³-hybridized carbons (Fsp3) is 0.200. The van der Waals surface area contributed by atoms with Crippen LogP contribution < -0.4 is 0 Å². The van der Waals surface area contributed by atoms with Crippen molar-refractivity contribution in [2.24, 2.45) is 0 Å². The molecule has 0 bridgehead atoms. The summed E-state index contributed by atoms with van der Waals surface area (Å²) in [7, 11) is 0. The second kappa shape index (κ2) is 3.90. The molecule has 2 N–H and O–H groups in total. The Morgan fingerprint density at radius 2 is 1.67 bits per heavy atom. The predicted molar refractivity (Wildman–Crippen MR) is 54.8 cm³/mol. The van der Waals surface area contributed by atoms with Crippen LogP contribution in [0.25, 0.3) is 0 Å². The van der Waals surface area contributed by atoms with Gasteiger partial charge < -0.3 is 10.2 Å².